The standard InChI is InChI=1S/C17H15Br2N5OS/c1-2-24-16(11-3-5-12(18)6-4-11)22-23-17(24)26-10-15(25)21-14-8-7-13(19)9-20-14/h3-9H,2,10H2,1H3,(H,20,21,25). The number of nitrogens with zero attached hydrogens (tertiary/aromatic N) is 4. The fourth-order valence-electron chi connectivity index (χ4n) is 2.25. The zero-order valence-electron chi connectivity index (χ0n) is 13.8. The van der Waals surface area contributed by atoms with Crippen LogP contribution in [0.25, 0.3) is 11.4 Å². The minimum atomic E-state index is -0.138. The van der Waals surface area contributed by atoms with Gasteiger partial charge in [-0.05, 0) is 47.1 Å². The maximum absolute atomic E-state index is 12.1. The lowest BCUT2D eigenvalue weighted by Crippen LogP contribution is -2.15. The van der Waals surface area contributed by atoms with Crippen molar-refractivity contribution in [3.8, 4) is 11.4 Å². The van der Waals surface area contributed by atoms with Crippen LogP contribution in [0.1, 0.15) is 6.92 Å². The van der Waals surface area contributed by atoms with E-state index in [1.165, 1.54) is 11.8 Å². The predicted molar refractivity (Wildman–Crippen MR) is 110 cm³/mol. The van der Waals surface area contributed by atoms with Gasteiger partial charge in [-0.15, -0.1) is 10.2 Å². The van der Waals surface area contributed by atoms with E-state index >= 15 is 0 Å². The number of rotatable bonds is 6. The number of anilines is 1. The van der Waals surface area contributed by atoms with E-state index < -0.39 is 0 Å². The first-order valence-electron chi connectivity index (χ1n) is 7.80. The molecule has 26 heavy (non-hydrogen) atoms. The molecule has 2 aromatic heterocycles. The number of aromatic nitrogens is 4. The average Bonchev–Trinajstić information content (AvgIpc) is 3.05. The number of nitrogens with one attached hydrogen (secondary N) is 1. The maximum Gasteiger partial charge on any atom is 0.236 e. The molecule has 1 aromatic carbocycles. The van der Waals surface area contributed by atoms with Gasteiger partial charge in [0.2, 0.25) is 5.91 Å². The quantitative estimate of drug-likeness (QED) is 0.504. The van der Waals surface area contributed by atoms with E-state index in [1.54, 1.807) is 12.3 Å². The molecular weight excluding hydrogens is 482 g/mol. The molecule has 0 aliphatic carbocycles. The zero-order chi connectivity index (χ0) is 18.5. The number of amides is 1. The second-order valence-electron chi connectivity index (χ2n) is 5.26. The minimum absolute atomic E-state index is 0.138. The lowest BCUT2D eigenvalue weighted by atomic mass is 10.2. The number of carbonyl (C=O) groups excluding carboxylic acids is 1. The predicted octanol–water partition coefficient (Wildman–Crippen LogP) is 4.62. The van der Waals surface area contributed by atoms with E-state index in [9.17, 15) is 4.79 Å². The lowest BCUT2D eigenvalue weighted by Gasteiger charge is -2.08. The van der Waals surface area contributed by atoms with Gasteiger partial charge < -0.3 is 9.88 Å². The Morgan fingerprint density at radius 1 is 1.12 bits per heavy atom. The van der Waals surface area contributed by atoms with Crippen molar-refractivity contribution in [2.45, 2.75) is 18.6 Å². The number of pyridine rings is 1. The van der Waals surface area contributed by atoms with Gasteiger partial charge in [0.1, 0.15) is 5.82 Å². The van der Waals surface area contributed by atoms with Crippen molar-refractivity contribution < 1.29 is 4.79 Å². The molecule has 0 radical (unpaired) electrons. The summed E-state index contributed by atoms with van der Waals surface area (Å²) in [5.74, 6) is 1.40. The van der Waals surface area contributed by atoms with Crippen molar-refractivity contribution in [1.29, 1.82) is 0 Å². The fraction of sp³-hybridized carbons (Fsp3) is 0.176. The summed E-state index contributed by atoms with van der Waals surface area (Å²) in [4.78, 5) is 16.3. The van der Waals surface area contributed by atoms with Crippen LogP contribution in [0.5, 0.6) is 0 Å². The number of halogens is 2. The van der Waals surface area contributed by atoms with E-state index in [0.29, 0.717) is 11.0 Å². The highest BCUT2D eigenvalue weighted by Crippen LogP contribution is 2.25. The summed E-state index contributed by atoms with van der Waals surface area (Å²) in [7, 11) is 0. The van der Waals surface area contributed by atoms with E-state index in [-0.39, 0.29) is 11.7 Å². The van der Waals surface area contributed by atoms with Gasteiger partial charge in [0.25, 0.3) is 0 Å². The van der Waals surface area contributed by atoms with Crippen LogP contribution in [0.3, 0.4) is 0 Å². The van der Waals surface area contributed by atoms with Gasteiger partial charge >= 0.3 is 0 Å². The number of carbonyl (C=O) groups is 1. The summed E-state index contributed by atoms with van der Waals surface area (Å²) in [5.41, 5.74) is 0.984. The molecule has 0 aliphatic rings. The van der Waals surface area contributed by atoms with Crippen LogP contribution >= 0.6 is 43.6 Å². The number of benzene rings is 1. The Bertz CT molecular complexity index is 897. The van der Waals surface area contributed by atoms with Crippen LogP contribution in [0.4, 0.5) is 5.82 Å². The first-order valence-corrected chi connectivity index (χ1v) is 10.4. The molecule has 0 unspecified atom stereocenters. The third kappa shape index (κ3) is 4.72. The second kappa shape index (κ2) is 8.79. The molecule has 0 fully saturated rings. The number of hydrogen-bond acceptors (Lipinski definition) is 5. The summed E-state index contributed by atoms with van der Waals surface area (Å²) in [6, 6.07) is 11.5. The van der Waals surface area contributed by atoms with Crippen molar-refractivity contribution in [2.24, 2.45) is 0 Å². The van der Waals surface area contributed by atoms with Crippen LogP contribution in [-0.2, 0) is 11.3 Å². The summed E-state index contributed by atoms with van der Waals surface area (Å²) in [6.45, 7) is 2.75. The van der Waals surface area contributed by atoms with Crippen molar-refractivity contribution >= 4 is 55.3 Å². The molecule has 3 aromatic rings. The molecule has 0 aliphatic heterocycles. The van der Waals surface area contributed by atoms with Crippen molar-refractivity contribution in [1.82, 2.24) is 19.7 Å². The monoisotopic (exact) mass is 495 g/mol. The molecule has 6 nitrogen and oxygen atoms in total. The Morgan fingerprint density at radius 3 is 2.50 bits per heavy atom. The van der Waals surface area contributed by atoms with Gasteiger partial charge in [-0.1, -0.05) is 39.8 Å². The van der Waals surface area contributed by atoms with E-state index in [4.69, 9.17) is 0 Å². The zero-order valence-corrected chi connectivity index (χ0v) is 17.8. The first-order chi connectivity index (χ1) is 12.6. The molecule has 0 bridgehead atoms. The smallest absolute Gasteiger partial charge is 0.236 e. The van der Waals surface area contributed by atoms with Crippen molar-refractivity contribution in [3.05, 3.63) is 51.5 Å². The molecule has 0 spiro atoms. The Kier molecular flexibility index (Phi) is 6.44. The lowest BCUT2D eigenvalue weighted by molar-refractivity contribution is -0.113. The Labute approximate surface area is 172 Å². The summed E-state index contributed by atoms with van der Waals surface area (Å²) in [5, 5.41) is 12.0. The topological polar surface area (TPSA) is 72.7 Å². The molecule has 1 amide bonds. The SMILES string of the molecule is CCn1c(SCC(=O)Nc2ccc(Br)cn2)nnc1-c1ccc(Br)cc1. The van der Waals surface area contributed by atoms with Crippen molar-refractivity contribution in [3.63, 3.8) is 0 Å². The number of hydrogen-bond donors (Lipinski definition) is 1. The van der Waals surface area contributed by atoms with E-state index in [1.807, 2.05) is 41.8 Å². The summed E-state index contributed by atoms with van der Waals surface area (Å²) >= 11 is 8.10. The van der Waals surface area contributed by atoms with Crippen LogP contribution < -0.4 is 5.32 Å². The molecule has 0 saturated heterocycles. The van der Waals surface area contributed by atoms with Gasteiger partial charge in [-0.2, -0.15) is 0 Å². The maximum atomic E-state index is 12.1. The van der Waals surface area contributed by atoms with Gasteiger partial charge in [-0.3, -0.25) is 4.79 Å². The van der Waals surface area contributed by atoms with E-state index in [2.05, 4.69) is 52.4 Å². The van der Waals surface area contributed by atoms with Gasteiger partial charge in [0, 0.05) is 27.3 Å². The molecule has 134 valence electrons. The average molecular weight is 497 g/mol. The highest BCUT2D eigenvalue weighted by Gasteiger charge is 2.14. The second-order valence-corrected chi connectivity index (χ2v) is 8.03. The summed E-state index contributed by atoms with van der Waals surface area (Å²) < 4.78 is 3.87. The third-order valence-electron chi connectivity index (χ3n) is 3.46. The Hall–Kier alpha value is -1.71. The molecule has 0 atom stereocenters. The first kappa shape index (κ1) is 19.1. The highest BCUT2D eigenvalue weighted by molar-refractivity contribution is 9.10. The third-order valence-corrected chi connectivity index (χ3v) is 5.43. The fourth-order valence-corrected chi connectivity index (χ4v) is 3.55. The highest BCUT2D eigenvalue weighted by atomic mass is 79.9. The Morgan fingerprint density at radius 2 is 1.85 bits per heavy atom. The van der Waals surface area contributed by atoms with Crippen LogP contribution in [0.15, 0.2) is 56.7 Å². The molecule has 2 heterocycles. The van der Waals surface area contributed by atoms with Crippen LogP contribution in [0, 0.1) is 0 Å². The normalized spacial score (nSPS) is 10.7. The Balaban J connectivity index is 1.67. The summed E-state index contributed by atoms with van der Waals surface area (Å²) in [6.07, 6.45) is 1.64. The molecule has 3 rings (SSSR count). The van der Waals surface area contributed by atoms with Gasteiger partial charge in [0.15, 0.2) is 11.0 Å². The van der Waals surface area contributed by atoms with Crippen LogP contribution in [-0.4, -0.2) is 31.4 Å². The largest absolute Gasteiger partial charge is 0.310 e. The van der Waals surface area contributed by atoms with Crippen LogP contribution in [0.2, 0.25) is 0 Å². The van der Waals surface area contributed by atoms with Gasteiger partial charge in [-0.25, -0.2) is 4.98 Å². The van der Waals surface area contributed by atoms with Crippen molar-refractivity contribution in [2.75, 3.05) is 11.1 Å². The minimum Gasteiger partial charge on any atom is -0.310 e. The van der Waals surface area contributed by atoms with E-state index in [0.717, 1.165) is 26.9 Å². The molecule has 1 N–H and O–H groups in total. The molecule has 9 heteroatoms. The van der Waals surface area contributed by atoms with Gasteiger partial charge in [0.05, 0.1) is 5.75 Å². The molecular formula is C17H15Br2N5OS. The molecule has 0 saturated carbocycles. The number of thioether (sulfide) groups is 1.